The van der Waals surface area contributed by atoms with E-state index >= 15 is 0 Å². The molecule has 0 aliphatic heterocycles. The molecule has 0 spiro atoms. The number of pyridine rings is 1. The molecule has 0 amide bonds. The largest absolute Gasteiger partial charge is 0.352 e. The Kier molecular flexibility index (Phi) is 2.45. The molecule has 0 atom stereocenters. The van der Waals surface area contributed by atoms with E-state index in [1.165, 1.54) is 0 Å². The standard InChI is InChI=1S/C15H12N2O/c1-10(18)15-14(13-8-4-5-9-16-13)11-6-2-3-7-12(11)17-15/h2-9,17H,1H3. The molecular formula is C15H12N2O. The lowest BCUT2D eigenvalue weighted by molar-refractivity contribution is 0.101. The number of ketones is 1. The van der Waals surface area contributed by atoms with Gasteiger partial charge in [0.05, 0.1) is 11.4 Å². The van der Waals surface area contributed by atoms with Crippen molar-refractivity contribution in [2.24, 2.45) is 0 Å². The third kappa shape index (κ3) is 1.61. The molecule has 0 bridgehead atoms. The highest BCUT2D eigenvalue weighted by Gasteiger charge is 2.16. The van der Waals surface area contributed by atoms with Crippen LogP contribution in [-0.4, -0.2) is 15.8 Å². The minimum atomic E-state index is 0.0202. The van der Waals surface area contributed by atoms with Crippen molar-refractivity contribution >= 4 is 16.7 Å². The Balaban J connectivity index is 2.38. The summed E-state index contributed by atoms with van der Waals surface area (Å²) >= 11 is 0. The number of H-pyrrole nitrogens is 1. The Labute approximate surface area is 104 Å². The number of fused-ring (bicyclic) bond motifs is 1. The number of hydrogen-bond acceptors (Lipinski definition) is 2. The Hall–Kier alpha value is -2.42. The molecule has 3 rings (SSSR count). The fourth-order valence-corrected chi connectivity index (χ4v) is 2.18. The summed E-state index contributed by atoms with van der Waals surface area (Å²) in [5, 5.41) is 1.03. The van der Waals surface area contributed by atoms with Crippen LogP contribution in [0.25, 0.3) is 22.2 Å². The number of para-hydroxylation sites is 1. The molecule has 0 aliphatic rings. The number of carbonyl (C=O) groups excluding carboxylic acids is 1. The SMILES string of the molecule is CC(=O)c1[nH]c2ccccc2c1-c1ccccn1. The molecule has 2 heterocycles. The second kappa shape index (κ2) is 4.11. The van der Waals surface area contributed by atoms with Gasteiger partial charge < -0.3 is 4.98 Å². The summed E-state index contributed by atoms with van der Waals surface area (Å²) in [6.07, 6.45) is 1.74. The van der Waals surface area contributed by atoms with Crippen LogP contribution in [0.1, 0.15) is 17.4 Å². The Bertz CT molecular complexity index is 714. The van der Waals surface area contributed by atoms with Crippen molar-refractivity contribution in [1.29, 1.82) is 0 Å². The smallest absolute Gasteiger partial charge is 0.176 e. The number of aromatic nitrogens is 2. The van der Waals surface area contributed by atoms with Crippen LogP contribution in [0.5, 0.6) is 0 Å². The van der Waals surface area contributed by atoms with E-state index in [0.717, 1.165) is 22.2 Å². The molecule has 0 saturated carbocycles. The van der Waals surface area contributed by atoms with E-state index in [-0.39, 0.29) is 5.78 Å². The summed E-state index contributed by atoms with van der Waals surface area (Å²) in [4.78, 5) is 19.3. The minimum Gasteiger partial charge on any atom is -0.352 e. The first-order valence-corrected chi connectivity index (χ1v) is 5.80. The number of benzene rings is 1. The van der Waals surface area contributed by atoms with Gasteiger partial charge in [0.1, 0.15) is 0 Å². The Morgan fingerprint density at radius 3 is 2.61 bits per heavy atom. The number of hydrogen-bond donors (Lipinski definition) is 1. The van der Waals surface area contributed by atoms with Crippen molar-refractivity contribution in [3.8, 4) is 11.3 Å². The van der Waals surface area contributed by atoms with Crippen molar-refractivity contribution in [3.05, 3.63) is 54.4 Å². The summed E-state index contributed by atoms with van der Waals surface area (Å²) in [6.45, 7) is 1.57. The molecule has 1 aromatic carbocycles. The predicted molar refractivity (Wildman–Crippen MR) is 71.5 cm³/mol. The summed E-state index contributed by atoms with van der Waals surface area (Å²) in [6, 6.07) is 13.6. The summed E-state index contributed by atoms with van der Waals surface area (Å²) < 4.78 is 0. The Morgan fingerprint density at radius 1 is 1.11 bits per heavy atom. The minimum absolute atomic E-state index is 0.0202. The zero-order valence-electron chi connectivity index (χ0n) is 9.97. The van der Waals surface area contributed by atoms with Crippen LogP contribution in [0.2, 0.25) is 0 Å². The predicted octanol–water partition coefficient (Wildman–Crippen LogP) is 3.43. The number of nitrogens with zero attached hydrogens (tertiary/aromatic N) is 1. The van der Waals surface area contributed by atoms with Gasteiger partial charge in [-0.15, -0.1) is 0 Å². The van der Waals surface area contributed by atoms with Crippen LogP contribution in [-0.2, 0) is 0 Å². The Morgan fingerprint density at radius 2 is 1.89 bits per heavy atom. The molecule has 88 valence electrons. The second-order valence-corrected chi connectivity index (χ2v) is 4.19. The first kappa shape index (κ1) is 10.7. The number of rotatable bonds is 2. The quantitative estimate of drug-likeness (QED) is 0.693. The molecule has 18 heavy (non-hydrogen) atoms. The van der Waals surface area contributed by atoms with E-state index < -0.39 is 0 Å². The van der Waals surface area contributed by atoms with E-state index in [9.17, 15) is 4.79 Å². The third-order valence-corrected chi connectivity index (χ3v) is 2.98. The second-order valence-electron chi connectivity index (χ2n) is 4.19. The van der Waals surface area contributed by atoms with E-state index in [1.54, 1.807) is 13.1 Å². The van der Waals surface area contributed by atoms with Crippen molar-refractivity contribution in [2.75, 3.05) is 0 Å². The molecule has 3 aromatic rings. The average molecular weight is 236 g/mol. The summed E-state index contributed by atoms with van der Waals surface area (Å²) in [7, 11) is 0. The van der Waals surface area contributed by atoms with Gasteiger partial charge in [0.25, 0.3) is 0 Å². The number of Topliss-reactive ketones (excluding diaryl/α,β-unsaturated/α-hetero) is 1. The monoisotopic (exact) mass is 236 g/mol. The van der Waals surface area contributed by atoms with Gasteiger partial charge in [0, 0.05) is 29.6 Å². The van der Waals surface area contributed by atoms with Gasteiger partial charge in [-0.2, -0.15) is 0 Å². The van der Waals surface area contributed by atoms with E-state index in [2.05, 4.69) is 9.97 Å². The van der Waals surface area contributed by atoms with Gasteiger partial charge in [-0.05, 0) is 18.2 Å². The van der Waals surface area contributed by atoms with Crippen molar-refractivity contribution in [2.45, 2.75) is 6.92 Å². The van der Waals surface area contributed by atoms with E-state index in [1.807, 2.05) is 42.5 Å². The van der Waals surface area contributed by atoms with Crippen LogP contribution >= 0.6 is 0 Å². The van der Waals surface area contributed by atoms with Gasteiger partial charge in [0.2, 0.25) is 0 Å². The van der Waals surface area contributed by atoms with Gasteiger partial charge in [-0.3, -0.25) is 9.78 Å². The lowest BCUT2D eigenvalue weighted by Gasteiger charge is -2.01. The normalized spacial score (nSPS) is 10.7. The fraction of sp³-hybridized carbons (Fsp3) is 0.0667. The molecule has 0 saturated heterocycles. The molecule has 1 N–H and O–H groups in total. The van der Waals surface area contributed by atoms with Crippen molar-refractivity contribution in [1.82, 2.24) is 9.97 Å². The molecule has 0 radical (unpaired) electrons. The first-order valence-electron chi connectivity index (χ1n) is 5.80. The van der Waals surface area contributed by atoms with Gasteiger partial charge in [0.15, 0.2) is 5.78 Å². The zero-order valence-corrected chi connectivity index (χ0v) is 9.97. The summed E-state index contributed by atoms with van der Waals surface area (Å²) in [5.74, 6) is 0.0202. The number of carbonyl (C=O) groups is 1. The molecular weight excluding hydrogens is 224 g/mol. The average Bonchev–Trinajstić information content (AvgIpc) is 2.79. The first-order chi connectivity index (χ1) is 8.77. The van der Waals surface area contributed by atoms with Crippen LogP contribution in [0.4, 0.5) is 0 Å². The topological polar surface area (TPSA) is 45.8 Å². The van der Waals surface area contributed by atoms with Crippen LogP contribution < -0.4 is 0 Å². The number of aromatic amines is 1. The lowest BCUT2D eigenvalue weighted by atomic mass is 10.1. The van der Waals surface area contributed by atoms with Gasteiger partial charge in [-0.1, -0.05) is 24.3 Å². The maximum atomic E-state index is 11.8. The highest BCUT2D eigenvalue weighted by molar-refractivity contribution is 6.09. The van der Waals surface area contributed by atoms with Crippen LogP contribution in [0.3, 0.4) is 0 Å². The van der Waals surface area contributed by atoms with Crippen molar-refractivity contribution in [3.63, 3.8) is 0 Å². The summed E-state index contributed by atoms with van der Waals surface area (Å²) in [5.41, 5.74) is 3.29. The molecule has 3 nitrogen and oxygen atoms in total. The zero-order chi connectivity index (χ0) is 12.5. The fourth-order valence-electron chi connectivity index (χ4n) is 2.18. The molecule has 0 aliphatic carbocycles. The molecule has 0 fully saturated rings. The lowest BCUT2D eigenvalue weighted by Crippen LogP contribution is -1.95. The van der Waals surface area contributed by atoms with Gasteiger partial charge >= 0.3 is 0 Å². The molecule has 3 heteroatoms. The number of nitrogens with one attached hydrogen (secondary N) is 1. The highest BCUT2D eigenvalue weighted by Crippen LogP contribution is 2.31. The maximum Gasteiger partial charge on any atom is 0.176 e. The van der Waals surface area contributed by atoms with Gasteiger partial charge in [-0.25, -0.2) is 0 Å². The molecule has 0 unspecified atom stereocenters. The molecule has 2 aromatic heterocycles. The van der Waals surface area contributed by atoms with Crippen LogP contribution in [0, 0.1) is 0 Å². The van der Waals surface area contributed by atoms with E-state index in [0.29, 0.717) is 5.69 Å². The van der Waals surface area contributed by atoms with Crippen LogP contribution in [0.15, 0.2) is 48.7 Å². The maximum absolute atomic E-state index is 11.8. The van der Waals surface area contributed by atoms with E-state index in [4.69, 9.17) is 0 Å². The van der Waals surface area contributed by atoms with Crippen molar-refractivity contribution < 1.29 is 4.79 Å². The highest BCUT2D eigenvalue weighted by atomic mass is 16.1. The third-order valence-electron chi connectivity index (χ3n) is 2.98.